The Morgan fingerprint density at radius 1 is 1.11 bits per heavy atom. The van der Waals surface area contributed by atoms with Gasteiger partial charge in [-0.05, 0) is 12.0 Å². The van der Waals surface area contributed by atoms with Gasteiger partial charge >= 0.3 is 0 Å². The first-order valence-electron chi connectivity index (χ1n) is 9.43. The summed E-state index contributed by atoms with van der Waals surface area (Å²) in [5, 5.41) is 8.37. The van der Waals surface area contributed by atoms with Crippen LogP contribution in [0.25, 0.3) is 0 Å². The van der Waals surface area contributed by atoms with Crippen LogP contribution in [0.2, 0.25) is 25.7 Å². The van der Waals surface area contributed by atoms with Gasteiger partial charge in [0.1, 0.15) is 18.8 Å². The molecule has 1 aromatic heterocycles. The molecule has 0 spiro atoms. The van der Waals surface area contributed by atoms with E-state index in [1.54, 1.807) is 18.9 Å². The molecule has 2 unspecified atom stereocenters. The molecule has 0 radical (unpaired) electrons. The summed E-state index contributed by atoms with van der Waals surface area (Å²) in [4.78, 5) is 9.38. The van der Waals surface area contributed by atoms with Crippen LogP contribution < -0.4 is 0 Å². The Morgan fingerprint density at radius 2 is 1.81 bits per heavy atom. The van der Waals surface area contributed by atoms with Crippen LogP contribution in [0, 0.1) is 5.92 Å². The Morgan fingerprint density at radius 3 is 2.41 bits per heavy atom. The number of rotatable bonds is 8. The number of ether oxygens (including phenoxy) is 3. The van der Waals surface area contributed by atoms with Crippen LogP contribution >= 0.6 is 0 Å². The fourth-order valence-corrected chi connectivity index (χ4v) is 3.48. The highest BCUT2D eigenvalue weighted by Gasteiger charge is 2.31. The summed E-state index contributed by atoms with van der Waals surface area (Å²) in [5.74, 6) is 1.53. The summed E-state index contributed by atoms with van der Waals surface area (Å²) < 4.78 is 18.4. The van der Waals surface area contributed by atoms with E-state index in [1.165, 1.54) is 0 Å². The maximum Gasteiger partial charge on any atom is 0.209 e. The van der Waals surface area contributed by atoms with Crippen molar-refractivity contribution < 1.29 is 14.2 Å². The molecular formula is C18H33N5O3Si. The third-order valence-electron chi connectivity index (χ3n) is 4.35. The molecule has 0 saturated heterocycles. The van der Waals surface area contributed by atoms with Crippen molar-refractivity contribution in [2.24, 2.45) is 15.9 Å². The maximum atomic E-state index is 5.72. The molecule has 2 heterocycles. The quantitative estimate of drug-likeness (QED) is 0.499. The number of hydrogen-bond donors (Lipinski definition) is 0. The summed E-state index contributed by atoms with van der Waals surface area (Å²) >= 11 is 0. The molecule has 0 bridgehead atoms. The highest BCUT2D eigenvalue weighted by Crippen LogP contribution is 2.19. The summed E-state index contributed by atoms with van der Waals surface area (Å²) in [6.07, 6.45) is 2.44. The minimum Gasteiger partial charge on any atom is -0.483 e. The Labute approximate surface area is 163 Å². The highest BCUT2D eigenvalue weighted by atomic mass is 28.3. The van der Waals surface area contributed by atoms with Crippen molar-refractivity contribution in [3.05, 3.63) is 11.9 Å². The highest BCUT2D eigenvalue weighted by molar-refractivity contribution is 6.76. The molecule has 152 valence electrons. The standard InChI is InChI=1S/C18H33N5O3Si/c1-13(2)16-18(25-4)19-15(17(20-16)24-3)10-14-11-23(22-21-14)12-26-8-9-27(5,6)7/h11,13,15-16H,8-10,12H2,1-7H3. The molecule has 9 heteroatoms. The lowest BCUT2D eigenvalue weighted by Gasteiger charge is -2.26. The molecular weight excluding hydrogens is 362 g/mol. The molecule has 0 N–H and O–H groups in total. The fraction of sp³-hybridized carbons (Fsp3) is 0.778. The van der Waals surface area contributed by atoms with Gasteiger partial charge in [-0.15, -0.1) is 5.10 Å². The van der Waals surface area contributed by atoms with Gasteiger partial charge in [0.25, 0.3) is 0 Å². The van der Waals surface area contributed by atoms with E-state index in [9.17, 15) is 0 Å². The Kier molecular flexibility index (Phi) is 7.55. The third-order valence-corrected chi connectivity index (χ3v) is 6.05. The van der Waals surface area contributed by atoms with Gasteiger partial charge in [-0.2, -0.15) is 0 Å². The fourth-order valence-electron chi connectivity index (χ4n) is 2.72. The first kappa shape index (κ1) is 21.6. The number of nitrogens with zero attached hydrogens (tertiary/aromatic N) is 5. The van der Waals surface area contributed by atoms with E-state index < -0.39 is 8.07 Å². The van der Waals surface area contributed by atoms with E-state index in [0.29, 0.717) is 24.9 Å². The average molecular weight is 396 g/mol. The van der Waals surface area contributed by atoms with Crippen molar-refractivity contribution in [1.29, 1.82) is 0 Å². The molecule has 0 fully saturated rings. The largest absolute Gasteiger partial charge is 0.483 e. The second-order valence-corrected chi connectivity index (χ2v) is 14.0. The zero-order chi connectivity index (χ0) is 20.0. The second-order valence-electron chi connectivity index (χ2n) is 8.35. The van der Waals surface area contributed by atoms with Gasteiger partial charge in [0.15, 0.2) is 0 Å². The average Bonchev–Trinajstić information content (AvgIpc) is 3.04. The van der Waals surface area contributed by atoms with Crippen molar-refractivity contribution in [3.8, 4) is 0 Å². The number of aromatic nitrogens is 3. The van der Waals surface area contributed by atoms with Crippen LogP contribution in [0.15, 0.2) is 16.2 Å². The molecule has 1 aromatic rings. The van der Waals surface area contributed by atoms with Gasteiger partial charge in [0, 0.05) is 21.1 Å². The van der Waals surface area contributed by atoms with Crippen molar-refractivity contribution in [1.82, 2.24) is 15.0 Å². The smallest absolute Gasteiger partial charge is 0.209 e. The van der Waals surface area contributed by atoms with Crippen LogP contribution in [0.4, 0.5) is 0 Å². The maximum absolute atomic E-state index is 5.72. The normalized spacial score (nSPS) is 20.4. The topological polar surface area (TPSA) is 83.1 Å². The molecule has 2 rings (SSSR count). The van der Waals surface area contributed by atoms with Crippen molar-refractivity contribution in [3.63, 3.8) is 0 Å². The van der Waals surface area contributed by atoms with Gasteiger partial charge < -0.3 is 14.2 Å². The van der Waals surface area contributed by atoms with E-state index in [4.69, 9.17) is 19.2 Å². The van der Waals surface area contributed by atoms with Crippen LogP contribution in [0.3, 0.4) is 0 Å². The van der Waals surface area contributed by atoms with Gasteiger partial charge in [-0.3, -0.25) is 0 Å². The third kappa shape index (κ3) is 6.42. The molecule has 0 amide bonds. The SMILES string of the molecule is COC1=NC(C(C)C)C(OC)=NC1Cc1cn(COCC[Si](C)(C)C)nn1. The Hall–Kier alpha value is -1.74. The molecule has 8 nitrogen and oxygen atoms in total. The van der Waals surface area contributed by atoms with E-state index in [1.807, 2.05) is 6.20 Å². The molecule has 0 aromatic carbocycles. The number of hydrogen-bond acceptors (Lipinski definition) is 7. The second kappa shape index (κ2) is 9.45. The molecule has 0 aliphatic carbocycles. The summed E-state index contributed by atoms with van der Waals surface area (Å²) in [5.41, 5.74) is 0.820. The molecule has 1 aliphatic rings. The predicted octanol–water partition coefficient (Wildman–Crippen LogP) is 2.63. The van der Waals surface area contributed by atoms with Crippen molar-refractivity contribution in [2.75, 3.05) is 20.8 Å². The van der Waals surface area contributed by atoms with Crippen molar-refractivity contribution in [2.45, 2.75) is 64.8 Å². The monoisotopic (exact) mass is 395 g/mol. The van der Waals surface area contributed by atoms with Crippen molar-refractivity contribution >= 4 is 19.9 Å². The minimum atomic E-state index is -1.08. The number of methoxy groups -OCH3 is 2. The van der Waals surface area contributed by atoms with Gasteiger partial charge in [0.2, 0.25) is 11.8 Å². The zero-order valence-electron chi connectivity index (χ0n) is 17.6. The zero-order valence-corrected chi connectivity index (χ0v) is 18.6. The predicted molar refractivity (Wildman–Crippen MR) is 109 cm³/mol. The lowest BCUT2D eigenvalue weighted by atomic mass is 10.0. The Bertz CT molecular complexity index is 666. The first-order chi connectivity index (χ1) is 12.7. The van der Waals surface area contributed by atoms with Crippen LogP contribution in [-0.2, 0) is 27.4 Å². The van der Waals surface area contributed by atoms with Crippen LogP contribution in [0.5, 0.6) is 0 Å². The number of aliphatic imine (C=N–C) groups is 2. The van der Waals surface area contributed by atoms with E-state index in [2.05, 4.69) is 48.8 Å². The van der Waals surface area contributed by atoms with Crippen LogP contribution in [-0.4, -0.2) is 67.8 Å². The van der Waals surface area contributed by atoms with Gasteiger partial charge in [-0.25, -0.2) is 14.7 Å². The Balaban J connectivity index is 1.97. The molecule has 27 heavy (non-hydrogen) atoms. The van der Waals surface area contributed by atoms with E-state index in [-0.39, 0.29) is 18.0 Å². The summed E-state index contributed by atoms with van der Waals surface area (Å²) in [6.45, 7) is 12.3. The van der Waals surface area contributed by atoms with E-state index in [0.717, 1.165) is 18.3 Å². The van der Waals surface area contributed by atoms with E-state index >= 15 is 0 Å². The summed E-state index contributed by atoms with van der Waals surface area (Å²) in [6, 6.07) is 0.769. The minimum absolute atomic E-state index is 0.114. The molecule has 0 saturated carbocycles. The summed E-state index contributed by atoms with van der Waals surface area (Å²) in [7, 11) is 2.18. The lowest BCUT2D eigenvalue weighted by molar-refractivity contribution is 0.0772. The first-order valence-corrected chi connectivity index (χ1v) is 13.1. The van der Waals surface area contributed by atoms with Gasteiger partial charge in [-0.1, -0.05) is 38.7 Å². The van der Waals surface area contributed by atoms with Crippen LogP contribution in [0.1, 0.15) is 19.5 Å². The van der Waals surface area contributed by atoms with Gasteiger partial charge in [0.05, 0.1) is 26.1 Å². The lowest BCUT2D eigenvalue weighted by Crippen LogP contribution is -2.38. The molecule has 2 atom stereocenters. The molecule has 1 aliphatic heterocycles.